The summed E-state index contributed by atoms with van der Waals surface area (Å²) in [5.74, 6) is 3.71. The van der Waals surface area contributed by atoms with Crippen molar-refractivity contribution in [2.45, 2.75) is 99.3 Å². The molecule has 0 aliphatic heterocycles. The van der Waals surface area contributed by atoms with Gasteiger partial charge < -0.3 is 0 Å². The van der Waals surface area contributed by atoms with Gasteiger partial charge in [0.15, 0.2) is 0 Å². The zero-order valence-electron chi connectivity index (χ0n) is 20.8. The van der Waals surface area contributed by atoms with E-state index >= 15 is 0 Å². The highest BCUT2D eigenvalue weighted by Crippen LogP contribution is 2.68. The van der Waals surface area contributed by atoms with E-state index in [0.717, 1.165) is 31.6 Å². The molecule has 4 aliphatic carbocycles. The Morgan fingerprint density at radius 1 is 1.00 bits per heavy atom. The summed E-state index contributed by atoms with van der Waals surface area (Å²) in [5.41, 5.74) is 3.17. The number of ketones is 1. The van der Waals surface area contributed by atoms with Crippen molar-refractivity contribution >= 4 is 5.78 Å². The molecule has 2 heteroatoms. The predicted octanol–water partition coefficient (Wildman–Crippen LogP) is 7.66. The zero-order chi connectivity index (χ0) is 22.6. The van der Waals surface area contributed by atoms with Crippen molar-refractivity contribution in [3.63, 3.8) is 0 Å². The Labute approximate surface area is 190 Å². The lowest BCUT2D eigenvalue weighted by Crippen LogP contribution is -2.51. The molecule has 0 heterocycles. The highest BCUT2D eigenvalue weighted by molar-refractivity contribution is 5.81. The molecule has 2 fully saturated rings. The SMILES string of the molecule is CC(C)[C@@H](C)/C=C/[C@@H](C)[C@H]1CC[C@H]2C3=C(CC[C@]12C)[C@@]1(C)CCC(=O)C[C@]1(C#N)CC3. The minimum Gasteiger partial charge on any atom is -0.300 e. The molecule has 0 unspecified atom stereocenters. The first-order chi connectivity index (χ1) is 14.6. The minimum absolute atomic E-state index is 0.0825. The summed E-state index contributed by atoms with van der Waals surface area (Å²) in [4.78, 5) is 12.3. The minimum atomic E-state index is -0.448. The monoisotopic (exact) mass is 421 g/mol. The molecule has 0 bridgehead atoms. The molecule has 0 spiro atoms. The first-order valence-electron chi connectivity index (χ1n) is 12.9. The van der Waals surface area contributed by atoms with E-state index in [2.05, 4.69) is 59.8 Å². The van der Waals surface area contributed by atoms with Crippen molar-refractivity contribution in [3.8, 4) is 6.07 Å². The fourth-order valence-electron chi connectivity index (χ4n) is 8.11. The molecule has 0 N–H and O–H groups in total. The molecule has 0 aromatic rings. The van der Waals surface area contributed by atoms with Crippen LogP contribution >= 0.6 is 0 Å². The van der Waals surface area contributed by atoms with Crippen LogP contribution in [-0.2, 0) is 4.79 Å². The van der Waals surface area contributed by atoms with Gasteiger partial charge in [-0.15, -0.1) is 0 Å². The van der Waals surface area contributed by atoms with E-state index in [1.54, 1.807) is 11.1 Å². The van der Waals surface area contributed by atoms with Gasteiger partial charge in [0.2, 0.25) is 0 Å². The molecule has 0 aromatic carbocycles. The fourth-order valence-corrected chi connectivity index (χ4v) is 8.11. The molecule has 0 radical (unpaired) electrons. The van der Waals surface area contributed by atoms with Crippen LogP contribution in [0.4, 0.5) is 0 Å². The van der Waals surface area contributed by atoms with E-state index in [1.165, 1.54) is 19.3 Å². The van der Waals surface area contributed by atoms with Gasteiger partial charge in [0.05, 0.1) is 11.5 Å². The summed E-state index contributed by atoms with van der Waals surface area (Å²) in [5, 5.41) is 10.2. The number of carbonyl (C=O) groups is 1. The van der Waals surface area contributed by atoms with Crippen LogP contribution in [0.5, 0.6) is 0 Å². The van der Waals surface area contributed by atoms with E-state index in [0.29, 0.717) is 47.7 Å². The van der Waals surface area contributed by atoms with Crippen molar-refractivity contribution in [1.82, 2.24) is 0 Å². The number of allylic oxidation sites excluding steroid dienone is 4. The summed E-state index contributed by atoms with van der Waals surface area (Å²) < 4.78 is 0. The highest BCUT2D eigenvalue weighted by Gasteiger charge is 2.60. The van der Waals surface area contributed by atoms with Crippen molar-refractivity contribution in [2.24, 2.45) is 45.8 Å². The summed E-state index contributed by atoms with van der Waals surface area (Å²) in [7, 11) is 0. The van der Waals surface area contributed by atoms with Crippen LogP contribution in [0.1, 0.15) is 99.3 Å². The maximum atomic E-state index is 12.3. The molecule has 4 aliphatic rings. The first kappa shape index (κ1) is 22.8. The Kier molecular flexibility index (Phi) is 5.81. The van der Waals surface area contributed by atoms with Crippen LogP contribution in [0.25, 0.3) is 0 Å². The molecular formula is C29H43NO. The lowest BCUT2D eigenvalue weighted by atomic mass is 9.45. The maximum Gasteiger partial charge on any atom is 0.134 e. The molecule has 2 saturated carbocycles. The van der Waals surface area contributed by atoms with Crippen LogP contribution in [0, 0.1) is 57.2 Å². The average molecular weight is 422 g/mol. The standard InChI is InChI=1S/C29H43NO/c1-19(2)20(3)7-8-21(4)24-9-10-25-23-12-16-29(18-30)17-22(31)11-15-28(29,6)26(23)13-14-27(24,25)5/h7-8,19-21,24-25H,9-17H2,1-6H3/b8-7+/t20-,21+,24+,25-,27+,28+,29-/m0/s1. The summed E-state index contributed by atoms with van der Waals surface area (Å²) in [6.07, 6.45) is 14.0. The van der Waals surface area contributed by atoms with Crippen molar-refractivity contribution in [2.75, 3.05) is 0 Å². The predicted molar refractivity (Wildman–Crippen MR) is 127 cm³/mol. The number of hydrogen-bond acceptors (Lipinski definition) is 2. The first-order valence-corrected chi connectivity index (χ1v) is 12.9. The zero-order valence-corrected chi connectivity index (χ0v) is 20.8. The largest absolute Gasteiger partial charge is 0.300 e. The number of nitriles is 1. The van der Waals surface area contributed by atoms with Gasteiger partial charge in [0.25, 0.3) is 0 Å². The number of hydrogen-bond donors (Lipinski definition) is 0. The normalized spacial score (nSPS) is 42.2. The smallest absolute Gasteiger partial charge is 0.134 e. The van der Waals surface area contributed by atoms with Gasteiger partial charge in [-0.25, -0.2) is 0 Å². The number of carbonyl (C=O) groups excluding carboxylic acids is 1. The van der Waals surface area contributed by atoms with Gasteiger partial charge in [-0.05, 0) is 80.0 Å². The third kappa shape index (κ3) is 3.37. The van der Waals surface area contributed by atoms with E-state index in [1.807, 2.05) is 0 Å². The van der Waals surface area contributed by atoms with Crippen molar-refractivity contribution in [3.05, 3.63) is 23.3 Å². The second-order valence-corrected chi connectivity index (χ2v) is 12.3. The Bertz CT molecular complexity index is 843. The topological polar surface area (TPSA) is 40.9 Å². The van der Waals surface area contributed by atoms with Crippen LogP contribution in [-0.4, -0.2) is 5.78 Å². The Hall–Kier alpha value is -1.36. The number of Topliss-reactive ketones (excluding diaryl/α,β-unsaturated/α-hetero) is 1. The third-order valence-corrected chi connectivity index (χ3v) is 10.7. The van der Waals surface area contributed by atoms with Gasteiger partial charge >= 0.3 is 0 Å². The molecule has 31 heavy (non-hydrogen) atoms. The number of nitrogens with zero attached hydrogens (tertiary/aromatic N) is 1. The van der Waals surface area contributed by atoms with E-state index in [9.17, 15) is 10.1 Å². The molecular weight excluding hydrogens is 378 g/mol. The van der Waals surface area contributed by atoms with Crippen molar-refractivity contribution in [1.29, 1.82) is 5.26 Å². The molecule has 4 rings (SSSR count). The molecule has 170 valence electrons. The van der Waals surface area contributed by atoms with Crippen LogP contribution < -0.4 is 0 Å². The van der Waals surface area contributed by atoms with Crippen LogP contribution in [0.15, 0.2) is 23.3 Å². The second kappa shape index (κ2) is 7.90. The highest BCUT2D eigenvalue weighted by atomic mass is 16.1. The Morgan fingerprint density at radius 2 is 1.74 bits per heavy atom. The van der Waals surface area contributed by atoms with Gasteiger partial charge in [-0.1, -0.05) is 64.8 Å². The van der Waals surface area contributed by atoms with Gasteiger partial charge in [-0.2, -0.15) is 5.26 Å². The van der Waals surface area contributed by atoms with E-state index < -0.39 is 5.41 Å². The number of rotatable bonds is 4. The van der Waals surface area contributed by atoms with Gasteiger partial charge in [-0.3, -0.25) is 4.79 Å². The second-order valence-electron chi connectivity index (χ2n) is 12.3. The van der Waals surface area contributed by atoms with Gasteiger partial charge in [0, 0.05) is 18.3 Å². The summed E-state index contributed by atoms with van der Waals surface area (Å²) in [6, 6.07) is 2.69. The summed E-state index contributed by atoms with van der Waals surface area (Å²) >= 11 is 0. The fraction of sp³-hybridized carbons (Fsp3) is 0.793. The molecule has 2 nitrogen and oxygen atoms in total. The van der Waals surface area contributed by atoms with Crippen LogP contribution in [0.2, 0.25) is 0 Å². The lowest BCUT2D eigenvalue weighted by Gasteiger charge is -2.57. The Morgan fingerprint density at radius 3 is 2.42 bits per heavy atom. The van der Waals surface area contributed by atoms with E-state index in [4.69, 9.17) is 0 Å². The molecule has 7 atom stereocenters. The molecule has 0 aromatic heterocycles. The summed E-state index contributed by atoms with van der Waals surface area (Å²) in [6.45, 7) is 14.3. The maximum absolute atomic E-state index is 12.3. The number of fused-ring (bicyclic) bond motifs is 4. The Balaban J connectivity index is 1.63. The van der Waals surface area contributed by atoms with Gasteiger partial charge in [0.1, 0.15) is 5.78 Å². The van der Waals surface area contributed by atoms with Crippen molar-refractivity contribution < 1.29 is 4.79 Å². The third-order valence-electron chi connectivity index (χ3n) is 10.7. The molecule has 0 amide bonds. The average Bonchev–Trinajstić information content (AvgIpc) is 3.09. The van der Waals surface area contributed by atoms with Crippen LogP contribution in [0.3, 0.4) is 0 Å². The quantitative estimate of drug-likeness (QED) is 0.437. The lowest BCUT2D eigenvalue weighted by molar-refractivity contribution is -0.127. The van der Waals surface area contributed by atoms with E-state index in [-0.39, 0.29) is 5.41 Å². The molecule has 0 saturated heterocycles.